The van der Waals surface area contributed by atoms with Crippen molar-refractivity contribution in [3.63, 3.8) is 0 Å². The average molecular weight is 251 g/mol. The van der Waals surface area contributed by atoms with Crippen LogP contribution in [0.15, 0.2) is 23.1 Å². The minimum absolute atomic E-state index is 0.198. The molecular weight excluding hydrogens is 244 g/mol. The molecule has 82 valence electrons. The Morgan fingerprint density at radius 1 is 1.47 bits per heavy atom. The summed E-state index contributed by atoms with van der Waals surface area (Å²) in [4.78, 5) is 10.3. The van der Waals surface area contributed by atoms with Gasteiger partial charge in [-0.2, -0.15) is 8.42 Å². The second-order valence-corrected chi connectivity index (χ2v) is 4.34. The normalized spacial score (nSPS) is 11.1. The lowest BCUT2D eigenvalue weighted by molar-refractivity contribution is 0.107. The van der Waals surface area contributed by atoms with Gasteiger partial charge < -0.3 is 4.74 Å². The SMILES string of the molecule is COc1ccc(C(=O)Cl)c(S(=O)(=O)O)c1. The van der Waals surface area contributed by atoms with Gasteiger partial charge in [0.15, 0.2) is 0 Å². The molecule has 0 saturated carbocycles. The Labute approximate surface area is 91.4 Å². The monoisotopic (exact) mass is 250 g/mol. The molecule has 0 aliphatic carbocycles. The van der Waals surface area contributed by atoms with Crippen molar-refractivity contribution in [1.82, 2.24) is 0 Å². The van der Waals surface area contributed by atoms with Crippen molar-refractivity contribution in [2.24, 2.45) is 0 Å². The molecule has 0 amide bonds. The standard InChI is InChI=1S/C8H7ClO5S/c1-14-5-2-3-6(8(9)10)7(4-5)15(11,12)13/h2-4H,1H3,(H,11,12,13). The molecule has 0 bridgehead atoms. The molecule has 0 aromatic heterocycles. The van der Waals surface area contributed by atoms with Crippen LogP contribution < -0.4 is 4.74 Å². The van der Waals surface area contributed by atoms with E-state index in [0.29, 0.717) is 0 Å². The van der Waals surface area contributed by atoms with Crippen LogP contribution in [0.3, 0.4) is 0 Å². The number of methoxy groups -OCH3 is 1. The van der Waals surface area contributed by atoms with Crippen LogP contribution in [0.4, 0.5) is 0 Å². The van der Waals surface area contributed by atoms with Crippen LogP contribution in [0.5, 0.6) is 5.75 Å². The summed E-state index contributed by atoms with van der Waals surface area (Å²) >= 11 is 5.15. The van der Waals surface area contributed by atoms with Crippen LogP contribution in [0.25, 0.3) is 0 Å². The van der Waals surface area contributed by atoms with Crippen LogP contribution in [0.1, 0.15) is 10.4 Å². The molecule has 1 rings (SSSR count). The van der Waals surface area contributed by atoms with Gasteiger partial charge in [0.25, 0.3) is 15.4 Å². The van der Waals surface area contributed by atoms with E-state index in [1.54, 1.807) is 0 Å². The number of ether oxygens (including phenoxy) is 1. The van der Waals surface area contributed by atoms with Crippen LogP contribution in [0.2, 0.25) is 0 Å². The van der Waals surface area contributed by atoms with E-state index in [0.717, 1.165) is 12.1 Å². The summed E-state index contributed by atoms with van der Waals surface area (Å²) in [6.45, 7) is 0. The summed E-state index contributed by atoms with van der Waals surface area (Å²) in [5.74, 6) is 0.198. The second kappa shape index (κ2) is 4.18. The van der Waals surface area contributed by atoms with Crippen molar-refractivity contribution >= 4 is 27.0 Å². The highest BCUT2D eigenvalue weighted by Gasteiger charge is 2.20. The Morgan fingerprint density at radius 3 is 2.47 bits per heavy atom. The fourth-order valence-electron chi connectivity index (χ4n) is 1.01. The average Bonchev–Trinajstić information content (AvgIpc) is 2.15. The molecule has 7 heteroatoms. The van der Waals surface area contributed by atoms with Crippen molar-refractivity contribution in [2.75, 3.05) is 7.11 Å². The Hall–Kier alpha value is -1.11. The Balaban J connectivity index is 3.50. The van der Waals surface area contributed by atoms with E-state index in [9.17, 15) is 13.2 Å². The van der Waals surface area contributed by atoms with Gasteiger partial charge in [0.05, 0.1) is 12.7 Å². The van der Waals surface area contributed by atoms with Crippen molar-refractivity contribution in [1.29, 1.82) is 0 Å². The number of halogens is 1. The van der Waals surface area contributed by atoms with Crippen molar-refractivity contribution < 1.29 is 22.5 Å². The Kier molecular flexibility index (Phi) is 3.33. The molecule has 5 nitrogen and oxygen atoms in total. The Morgan fingerprint density at radius 2 is 2.07 bits per heavy atom. The van der Waals surface area contributed by atoms with Gasteiger partial charge in [-0.05, 0) is 23.7 Å². The second-order valence-electron chi connectivity index (χ2n) is 2.61. The fourth-order valence-corrected chi connectivity index (χ4v) is 1.93. The van der Waals surface area contributed by atoms with E-state index < -0.39 is 20.3 Å². The molecule has 0 atom stereocenters. The predicted octanol–water partition coefficient (Wildman–Crippen LogP) is 1.32. The maximum absolute atomic E-state index is 10.9. The van der Waals surface area contributed by atoms with Crippen LogP contribution in [-0.2, 0) is 10.1 Å². The number of hydrogen-bond acceptors (Lipinski definition) is 4. The predicted molar refractivity (Wildman–Crippen MR) is 53.0 cm³/mol. The molecule has 15 heavy (non-hydrogen) atoms. The first kappa shape index (κ1) is 12.0. The summed E-state index contributed by atoms with van der Waals surface area (Å²) < 4.78 is 35.4. The van der Waals surface area contributed by atoms with Crippen LogP contribution >= 0.6 is 11.6 Å². The molecule has 0 fully saturated rings. The number of hydrogen-bond donors (Lipinski definition) is 1. The van der Waals surface area contributed by atoms with Gasteiger partial charge >= 0.3 is 0 Å². The Bertz CT molecular complexity index is 494. The number of benzene rings is 1. The first-order valence-corrected chi connectivity index (χ1v) is 5.53. The van der Waals surface area contributed by atoms with E-state index in [1.807, 2.05) is 0 Å². The lowest BCUT2D eigenvalue weighted by Crippen LogP contribution is -2.05. The van der Waals surface area contributed by atoms with Crippen LogP contribution in [0, 0.1) is 0 Å². The number of carbonyl (C=O) groups excluding carboxylic acids is 1. The highest BCUT2D eigenvalue weighted by atomic mass is 35.5. The third kappa shape index (κ3) is 2.68. The lowest BCUT2D eigenvalue weighted by Gasteiger charge is -2.05. The summed E-state index contributed by atoms with van der Waals surface area (Å²) in [6.07, 6.45) is 0. The molecule has 1 aromatic rings. The third-order valence-electron chi connectivity index (χ3n) is 1.68. The van der Waals surface area contributed by atoms with Gasteiger partial charge in [-0.15, -0.1) is 0 Å². The zero-order chi connectivity index (χ0) is 11.6. The van der Waals surface area contributed by atoms with Gasteiger partial charge in [-0.25, -0.2) is 0 Å². The van der Waals surface area contributed by atoms with E-state index in [-0.39, 0.29) is 11.3 Å². The maximum Gasteiger partial charge on any atom is 0.295 e. The topological polar surface area (TPSA) is 80.7 Å². The quantitative estimate of drug-likeness (QED) is 0.646. The minimum atomic E-state index is -4.50. The van der Waals surface area contributed by atoms with E-state index in [1.165, 1.54) is 13.2 Å². The third-order valence-corrected chi connectivity index (χ3v) is 2.78. The highest BCUT2D eigenvalue weighted by Crippen LogP contribution is 2.23. The maximum atomic E-state index is 10.9. The van der Waals surface area contributed by atoms with Gasteiger partial charge in [0, 0.05) is 6.07 Å². The summed E-state index contributed by atoms with van der Waals surface area (Å²) in [5, 5.41) is -0.967. The molecule has 0 aliphatic rings. The molecule has 0 heterocycles. The van der Waals surface area contributed by atoms with Gasteiger partial charge in [-0.1, -0.05) is 0 Å². The highest BCUT2D eigenvalue weighted by molar-refractivity contribution is 7.86. The van der Waals surface area contributed by atoms with E-state index >= 15 is 0 Å². The molecule has 0 radical (unpaired) electrons. The molecule has 1 aromatic carbocycles. The van der Waals surface area contributed by atoms with Crippen molar-refractivity contribution in [3.05, 3.63) is 23.8 Å². The lowest BCUT2D eigenvalue weighted by atomic mass is 10.2. The number of rotatable bonds is 3. The van der Waals surface area contributed by atoms with E-state index in [4.69, 9.17) is 20.9 Å². The van der Waals surface area contributed by atoms with Crippen molar-refractivity contribution in [3.8, 4) is 5.75 Å². The van der Waals surface area contributed by atoms with Crippen molar-refractivity contribution in [2.45, 2.75) is 4.90 Å². The molecule has 0 aliphatic heterocycles. The van der Waals surface area contributed by atoms with E-state index in [2.05, 4.69) is 0 Å². The summed E-state index contributed by atoms with van der Waals surface area (Å²) in [6, 6.07) is 3.55. The fraction of sp³-hybridized carbons (Fsp3) is 0.125. The minimum Gasteiger partial charge on any atom is -0.497 e. The molecular formula is C8H7ClO5S. The summed E-state index contributed by atoms with van der Waals surface area (Å²) in [5.41, 5.74) is -0.292. The first-order chi connectivity index (χ1) is 6.86. The molecule has 0 unspecified atom stereocenters. The van der Waals surface area contributed by atoms with Gasteiger partial charge in [-0.3, -0.25) is 9.35 Å². The van der Waals surface area contributed by atoms with Gasteiger partial charge in [0.2, 0.25) is 0 Å². The zero-order valence-corrected chi connectivity index (χ0v) is 9.17. The van der Waals surface area contributed by atoms with Crippen LogP contribution in [-0.4, -0.2) is 25.3 Å². The molecule has 0 spiro atoms. The first-order valence-electron chi connectivity index (χ1n) is 3.71. The van der Waals surface area contributed by atoms with Gasteiger partial charge in [0.1, 0.15) is 10.6 Å². The number of carbonyl (C=O) groups is 1. The largest absolute Gasteiger partial charge is 0.497 e. The molecule has 0 saturated heterocycles. The smallest absolute Gasteiger partial charge is 0.295 e. The molecule has 1 N–H and O–H groups in total. The zero-order valence-electron chi connectivity index (χ0n) is 7.60. The summed E-state index contributed by atoms with van der Waals surface area (Å²) in [7, 11) is -3.17.